The Bertz CT molecular complexity index is 1660. The predicted molar refractivity (Wildman–Crippen MR) is 156 cm³/mol. The molecule has 7 nitrogen and oxygen atoms in total. The quantitative estimate of drug-likeness (QED) is 0.165. The van der Waals surface area contributed by atoms with Crippen molar-refractivity contribution in [1.82, 2.24) is 5.32 Å². The second-order valence-corrected chi connectivity index (χ2v) is 10.3. The molecule has 0 unspecified atom stereocenters. The Labute approximate surface area is 248 Å². The van der Waals surface area contributed by atoms with E-state index in [0.717, 1.165) is 10.5 Å². The zero-order valence-corrected chi connectivity index (χ0v) is 23.6. The molecule has 1 saturated heterocycles. The van der Waals surface area contributed by atoms with Gasteiger partial charge in [-0.15, -0.1) is 0 Å². The van der Waals surface area contributed by atoms with E-state index in [-0.39, 0.29) is 23.7 Å². The van der Waals surface area contributed by atoms with Crippen LogP contribution in [0, 0.1) is 5.82 Å². The predicted octanol–water partition coefficient (Wildman–Crippen LogP) is 7.07. The van der Waals surface area contributed by atoms with Crippen LogP contribution in [0.2, 0.25) is 5.02 Å². The Hall–Kier alpha value is -4.47. The Morgan fingerprint density at radius 1 is 0.854 bits per heavy atom. The number of anilines is 1. The van der Waals surface area contributed by atoms with Gasteiger partial charge in [-0.1, -0.05) is 41.9 Å². The Balaban J connectivity index is 1.29. The molecular formula is C31H21BrClFN2O5. The summed E-state index contributed by atoms with van der Waals surface area (Å²) in [6.45, 7) is 0.463. The highest BCUT2D eigenvalue weighted by Gasteiger charge is 2.36. The molecule has 5 rings (SSSR count). The summed E-state index contributed by atoms with van der Waals surface area (Å²) in [6, 6.07) is 23.8. The van der Waals surface area contributed by atoms with Gasteiger partial charge < -0.3 is 9.47 Å². The maximum absolute atomic E-state index is 13.4. The SMILES string of the molecule is O=C1NC(=O)N(c2ccc(OCc3ccc(Cl)cc3)cc2)C(=O)/C1=C/c1ccc(OCc2cccc(F)c2)c(Br)c1. The molecule has 1 fully saturated rings. The summed E-state index contributed by atoms with van der Waals surface area (Å²) < 4.78 is 25.5. The first-order valence-corrected chi connectivity index (χ1v) is 13.5. The van der Waals surface area contributed by atoms with Crippen LogP contribution in [-0.2, 0) is 22.8 Å². The standard InChI is InChI=1S/C31H21BrClFN2O5/c32-27-16-20(6-13-28(27)41-18-21-2-1-3-23(34)14-21)15-26-29(37)35-31(39)36(30(26)38)24-9-11-25(12-10-24)40-17-19-4-7-22(33)8-5-19/h1-16H,17-18H2,(H,35,37,39)/b26-15+. The number of nitrogens with one attached hydrogen (secondary N) is 1. The molecule has 1 heterocycles. The molecule has 41 heavy (non-hydrogen) atoms. The van der Waals surface area contributed by atoms with Crippen LogP contribution in [0.5, 0.6) is 11.5 Å². The number of ether oxygens (including phenoxy) is 2. The molecule has 0 radical (unpaired) electrons. The average Bonchev–Trinajstić information content (AvgIpc) is 2.95. The van der Waals surface area contributed by atoms with Crippen LogP contribution in [0.3, 0.4) is 0 Å². The molecule has 0 saturated carbocycles. The molecule has 1 aliphatic rings. The highest BCUT2D eigenvalue weighted by Crippen LogP contribution is 2.29. The van der Waals surface area contributed by atoms with Gasteiger partial charge in [-0.2, -0.15) is 0 Å². The van der Waals surface area contributed by atoms with Crippen LogP contribution < -0.4 is 19.7 Å². The van der Waals surface area contributed by atoms with Gasteiger partial charge in [-0.3, -0.25) is 14.9 Å². The number of hydrogen-bond donors (Lipinski definition) is 1. The van der Waals surface area contributed by atoms with Crippen molar-refractivity contribution in [3.63, 3.8) is 0 Å². The molecule has 10 heteroatoms. The maximum Gasteiger partial charge on any atom is 0.335 e. The number of benzene rings is 4. The third kappa shape index (κ3) is 6.82. The molecule has 1 aliphatic heterocycles. The number of halogens is 3. The summed E-state index contributed by atoms with van der Waals surface area (Å²) in [5.41, 5.74) is 2.17. The van der Waals surface area contributed by atoms with E-state index in [4.69, 9.17) is 21.1 Å². The smallest absolute Gasteiger partial charge is 0.335 e. The van der Waals surface area contributed by atoms with Gasteiger partial charge in [0.1, 0.15) is 36.1 Å². The monoisotopic (exact) mass is 634 g/mol. The summed E-state index contributed by atoms with van der Waals surface area (Å²) in [6.07, 6.45) is 1.39. The van der Waals surface area contributed by atoms with Crippen LogP contribution in [0.1, 0.15) is 16.7 Å². The van der Waals surface area contributed by atoms with Gasteiger partial charge in [0.05, 0.1) is 10.2 Å². The fraction of sp³-hybridized carbons (Fsp3) is 0.0645. The number of amides is 4. The molecule has 0 atom stereocenters. The lowest BCUT2D eigenvalue weighted by atomic mass is 10.1. The molecule has 0 bridgehead atoms. The van der Waals surface area contributed by atoms with Gasteiger partial charge in [0.15, 0.2) is 0 Å². The normalized spacial score (nSPS) is 14.3. The third-order valence-electron chi connectivity index (χ3n) is 6.07. The molecule has 0 spiro atoms. The largest absolute Gasteiger partial charge is 0.489 e. The van der Waals surface area contributed by atoms with Gasteiger partial charge in [-0.25, -0.2) is 14.1 Å². The molecule has 0 aliphatic carbocycles. The summed E-state index contributed by atoms with van der Waals surface area (Å²) in [4.78, 5) is 39.4. The topological polar surface area (TPSA) is 84.9 Å². The van der Waals surface area contributed by atoms with Crippen LogP contribution in [-0.4, -0.2) is 17.8 Å². The number of rotatable bonds is 8. The molecule has 1 N–H and O–H groups in total. The van der Waals surface area contributed by atoms with E-state index >= 15 is 0 Å². The first-order valence-electron chi connectivity index (χ1n) is 12.3. The van der Waals surface area contributed by atoms with Gasteiger partial charge >= 0.3 is 6.03 Å². The maximum atomic E-state index is 13.4. The Morgan fingerprint density at radius 2 is 1.59 bits per heavy atom. The van der Waals surface area contributed by atoms with Gasteiger partial charge in [0.2, 0.25) is 0 Å². The fourth-order valence-electron chi connectivity index (χ4n) is 4.01. The van der Waals surface area contributed by atoms with Crippen molar-refractivity contribution in [2.75, 3.05) is 4.90 Å². The minimum absolute atomic E-state index is 0.152. The van der Waals surface area contributed by atoms with Crippen LogP contribution in [0.25, 0.3) is 6.08 Å². The van der Waals surface area contributed by atoms with Gasteiger partial charge in [0.25, 0.3) is 11.8 Å². The van der Waals surface area contributed by atoms with E-state index in [1.165, 1.54) is 18.2 Å². The van der Waals surface area contributed by atoms with E-state index in [2.05, 4.69) is 21.2 Å². The molecule has 4 aromatic rings. The van der Waals surface area contributed by atoms with Crippen LogP contribution in [0.15, 0.2) is 101 Å². The highest BCUT2D eigenvalue weighted by molar-refractivity contribution is 9.10. The third-order valence-corrected chi connectivity index (χ3v) is 6.94. The van der Waals surface area contributed by atoms with Crippen molar-refractivity contribution >= 4 is 57.1 Å². The lowest BCUT2D eigenvalue weighted by Gasteiger charge is -2.26. The van der Waals surface area contributed by atoms with Gasteiger partial charge in [0, 0.05) is 5.02 Å². The molecule has 206 valence electrons. The zero-order valence-electron chi connectivity index (χ0n) is 21.3. The summed E-state index contributed by atoms with van der Waals surface area (Å²) in [5, 5.41) is 2.84. The van der Waals surface area contributed by atoms with E-state index in [1.54, 1.807) is 66.7 Å². The Kier molecular flexibility index (Phi) is 8.47. The Morgan fingerprint density at radius 3 is 2.29 bits per heavy atom. The lowest BCUT2D eigenvalue weighted by molar-refractivity contribution is -0.122. The first kappa shape index (κ1) is 28.1. The second kappa shape index (κ2) is 12.4. The number of imide groups is 2. The number of nitrogens with zero attached hydrogens (tertiary/aromatic N) is 1. The van der Waals surface area contributed by atoms with Crippen molar-refractivity contribution in [2.24, 2.45) is 0 Å². The lowest BCUT2D eigenvalue weighted by Crippen LogP contribution is -2.54. The number of hydrogen-bond acceptors (Lipinski definition) is 5. The van der Waals surface area contributed by atoms with Crippen molar-refractivity contribution in [2.45, 2.75) is 13.2 Å². The highest BCUT2D eigenvalue weighted by atomic mass is 79.9. The first-order chi connectivity index (χ1) is 19.8. The van der Waals surface area contributed by atoms with Crippen LogP contribution >= 0.6 is 27.5 Å². The van der Waals surface area contributed by atoms with Gasteiger partial charge in [-0.05, 0) is 99.4 Å². The zero-order chi connectivity index (χ0) is 28.9. The van der Waals surface area contributed by atoms with Crippen molar-refractivity contribution in [1.29, 1.82) is 0 Å². The minimum Gasteiger partial charge on any atom is -0.489 e. The fourth-order valence-corrected chi connectivity index (χ4v) is 4.65. The molecule has 0 aromatic heterocycles. The number of urea groups is 1. The number of carbonyl (C=O) groups is 3. The van der Waals surface area contributed by atoms with E-state index in [1.807, 2.05) is 12.1 Å². The van der Waals surface area contributed by atoms with Crippen molar-refractivity contribution < 1.29 is 28.2 Å². The summed E-state index contributed by atoms with van der Waals surface area (Å²) in [7, 11) is 0. The van der Waals surface area contributed by atoms with E-state index in [9.17, 15) is 18.8 Å². The molecule has 4 amide bonds. The minimum atomic E-state index is -0.853. The summed E-state index contributed by atoms with van der Waals surface area (Å²) in [5.74, 6) is -0.901. The molecule has 4 aromatic carbocycles. The van der Waals surface area contributed by atoms with Crippen molar-refractivity contribution in [3.05, 3.63) is 129 Å². The van der Waals surface area contributed by atoms with Crippen molar-refractivity contribution in [3.8, 4) is 11.5 Å². The second-order valence-electron chi connectivity index (χ2n) is 8.98. The average molecular weight is 636 g/mol. The number of carbonyl (C=O) groups excluding carboxylic acids is 3. The van der Waals surface area contributed by atoms with E-state index in [0.29, 0.717) is 38.7 Å². The van der Waals surface area contributed by atoms with Crippen LogP contribution in [0.4, 0.5) is 14.9 Å². The van der Waals surface area contributed by atoms with E-state index < -0.39 is 17.8 Å². The number of barbiturate groups is 1. The molecular weight excluding hydrogens is 615 g/mol. The summed E-state index contributed by atoms with van der Waals surface area (Å²) >= 11 is 9.34.